The van der Waals surface area contributed by atoms with Crippen molar-refractivity contribution < 1.29 is 29.2 Å². The van der Waals surface area contributed by atoms with Crippen LogP contribution in [0.25, 0.3) is 0 Å². The Morgan fingerprint density at radius 2 is 1.71 bits per heavy atom. The molecule has 1 aliphatic heterocycles. The second kappa shape index (κ2) is 9.24. The summed E-state index contributed by atoms with van der Waals surface area (Å²) in [5.41, 5.74) is 1.50. The molecule has 0 saturated carbocycles. The normalized spacial score (nSPS) is 16.0. The number of carbonyl (C=O) groups is 3. The maximum Gasteiger partial charge on any atom is 0.327 e. The number of ether oxygens (including phenoxy) is 1. The van der Waals surface area contributed by atoms with Crippen LogP contribution in [0.15, 0.2) is 48.5 Å². The quantitative estimate of drug-likeness (QED) is 0.370. The summed E-state index contributed by atoms with van der Waals surface area (Å²) in [5, 5.41) is 19.8. The number of urea groups is 1. The van der Waals surface area contributed by atoms with Gasteiger partial charge in [0.1, 0.15) is 18.4 Å². The second-order valence-electron chi connectivity index (χ2n) is 6.96. The zero-order valence-corrected chi connectivity index (χ0v) is 16.8. The number of aliphatic carboxylic acids is 1. The minimum Gasteiger partial charge on any atom is -0.489 e. The number of benzene rings is 2. The van der Waals surface area contributed by atoms with Gasteiger partial charge in [0, 0.05) is 25.2 Å². The number of carboxylic acids is 1. The van der Waals surface area contributed by atoms with Crippen LogP contribution in [0, 0.1) is 10.1 Å². The van der Waals surface area contributed by atoms with Crippen LogP contribution >= 0.6 is 0 Å². The molecule has 0 radical (unpaired) electrons. The molecule has 0 aromatic heterocycles. The Bertz CT molecular complexity index is 989. The van der Waals surface area contributed by atoms with Gasteiger partial charge in [0.25, 0.3) is 11.6 Å². The minimum absolute atomic E-state index is 0.00545. The lowest BCUT2D eigenvalue weighted by Crippen LogP contribution is -2.36. The van der Waals surface area contributed by atoms with E-state index in [4.69, 9.17) is 9.84 Å². The highest BCUT2D eigenvalue weighted by molar-refractivity contribution is 6.05. The first-order valence-electron chi connectivity index (χ1n) is 9.59. The van der Waals surface area contributed by atoms with E-state index in [1.54, 1.807) is 43.3 Å². The van der Waals surface area contributed by atoms with Gasteiger partial charge in [0.2, 0.25) is 0 Å². The molecule has 1 heterocycles. The van der Waals surface area contributed by atoms with E-state index < -0.39 is 35.3 Å². The lowest BCUT2D eigenvalue weighted by atomic mass is 10.1. The maximum atomic E-state index is 12.5. The molecule has 3 amide bonds. The van der Waals surface area contributed by atoms with Crippen LogP contribution in [0.4, 0.5) is 10.5 Å². The van der Waals surface area contributed by atoms with Gasteiger partial charge in [-0.2, -0.15) is 0 Å². The number of likely N-dealkylation sites (N-methyl/N-ethyl adjacent to an activating group) is 1. The number of carboxylic acid groups (broad SMARTS) is 1. The number of carbonyl (C=O) groups excluding carboxylic acids is 2. The fraction of sp³-hybridized carbons (Fsp3) is 0.286. The molecular formula is C21H21N3O7. The Morgan fingerprint density at radius 1 is 1.10 bits per heavy atom. The van der Waals surface area contributed by atoms with Crippen molar-refractivity contribution in [2.45, 2.75) is 32.5 Å². The van der Waals surface area contributed by atoms with Crippen LogP contribution in [0.5, 0.6) is 5.75 Å². The van der Waals surface area contributed by atoms with Crippen molar-refractivity contribution in [1.29, 1.82) is 0 Å². The molecular weight excluding hydrogens is 406 g/mol. The Kier molecular flexibility index (Phi) is 6.49. The van der Waals surface area contributed by atoms with Gasteiger partial charge in [-0.05, 0) is 42.3 Å². The van der Waals surface area contributed by atoms with Crippen molar-refractivity contribution in [2.24, 2.45) is 0 Å². The molecule has 3 rings (SSSR count). The summed E-state index contributed by atoms with van der Waals surface area (Å²) >= 11 is 0. The minimum atomic E-state index is -1.15. The van der Waals surface area contributed by atoms with E-state index in [0.29, 0.717) is 5.75 Å². The number of nitrogens with zero attached hydrogens (tertiary/aromatic N) is 3. The summed E-state index contributed by atoms with van der Waals surface area (Å²) < 4.78 is 5.67. The Balaban J connectivity index is 1.63. The van der Waals surface area contributed by atoms with Gasteiger partial charge in [-0.25, -0.2) is 4.79 Å². The number of nitro groups is 1. The van der Waals surface area contributed by atoms with Crippen LogP contribution in [-0.4, -0.2) is 50.3 Å². The third-order valence-corrected chi connectivity index (χ3v) is 4.92. The molecule has 1 N–H and O–H groups in total. The highest BCUT2D eigenvalue weighted by Crippen LogP contribution is 2.24. The Morgan fingerprint density at radius 3 is 2.26 bits per heavy atom. The van der Waals surface area contributed by atoms with Gasteiger partial charge in [0.15, 0.2) is 0 Å². The van der Waals surface area contributed by atoms with Crippen molar-refractivity contribution in [3.63, 3.8) is 0 Å². The first-order valence-corrected chi connectivity index (χ1v) is 9.59. The number of hydrogen-bond acceptors (Lipinski definition) is 6. The van der Waals surface area contributed by atoms with Crippen LogP contribution in [0.2, 0.25) is 0 Å². The van der Waals surface area contributed by atoms with Gasteiger partial charge < -0.3 is 14.7 Å². The average Bonchev–Trinajstić information content (AvgIpc) is 2.96. The maximum absolute atomic E-state index is 12.5. The van der Waals surface area contributed by atoms with E-state index in [1.165, 1.54) is 17.0 Å². The zero-order valence-electron chi connectivity index (χ0n) is 16.8. The first kappa shape index (κ1) is 21.8. The van der Waals surface area contributed by atoms with E-state index in [-0.39, 0.29) is 25.4 Å². The summed E-state index contributed by atoms with van der Waals surface area (Å²) in [7, 11) is 0. The number of non-ortho nitro benzene ring substituents is 1. The molecule has 1 atom stereocenters. The molecule has 162 valence electrons. The van der Waals surface area contributed by atoms with Gasteiger partial charge >= 0.3 is 12.0 Å². The van der Waals surface area contributed by atoms with Crippen molar-refractivity contribution in [3.05, 3.63) is 69.8 Å². The van der Waals surface area contributed by atoms with Crippen LogP contribution in [-0.2, 0) is 22.7 Å². The molecule has 0 spiro atoms. The predicted octanol–water partition coefficient (Wildman–Crippen LogP) is 2.80. The van der Waals surface area contributed by atoms with Crippen LogP contribution in [0.1, 0.15) is 24.5 Å². The second-order valence-corrected chi connectivity index (χ2v) is 6.96. The molecule has 2 aromatic carbocycles. The summed E-state index contributed by atoms with van der Waals surface area (Å²) in [6.45, 7) is 2.16. The van der Waals surface area contributed by atoms with Gasteiger partial charge in [-0.15, -0.1) is 0 Å². The third kappa shape index (κ3) is 4.97. The fourth-order valence-electron chi connectivity index (χ4n) is 3.30. The summed E-state index contributed by atoms with van der Waals surface area (Å²) in [4.78, 5) is 48.5. The molecule has 31 heavy (non-hydrogen) atoms. The van der Waals surface area contributed by atoms with Gasteiger partial charge in [-0.3, -0.25) is 24.6 Å². The molecule has 0 aliphatic carbocycles. The monoisotopic (exact) mass is 427 g/mol. The van der Waals surface area contributed by atoms with E-state index in [0.717, 1.165) is 16.0 Å². The lowest BCUT2D eigenvalue weighted by Gasteiger charge is -2.21. The number of nitro benzene ring substituents is 1. The summed E-state index contributed by atoms with van der Waals surface area (Å²) in [6.07, 6.45) is -0.447. The smallest absolute Gasteiger partial charge is 0.327 e. The van der Waals surface area contributed by atoms with Crippen LogP contribution in [0.3, 0.4) is 0 Å². The van der Waals surface area contributed by atoms with Crippen molar-refractivity contribution in [3.8, 4) is 5.75 Å². The van der Waals surface area contributed by atoms with Crippen molar-refractivity contribution in [2.75, 3.05) is 6.54 Å². The zero-order chi connectivity index (χ0) is 22.5. The summed E-state index contributed by atoms with van der Waals surface area (Å²) in [6, 6.07) is 11.4. The topological polar surface area (TPSA) is 130 Å². The van der Waals surface area contributed by atoms with Gasteiger partial charge in [-0.1, -0.05) is 12.1 Å². The standard InChI is InChI=1S/C21H21N3O7/c1-2-22-20(27)18(11-19(25)26)23(21(22)28)12-14-5-9-17(10-6-14)31-13-15-3-7-16(8-4-15)24(29)30/h3-10,18H,2,11-13H2,1H3,(H,25,26)/t18-/m0/s1. The molecule has 1 aliphatic rings. The van der Waals surface area contributed by atoms with E-state index in [9.17, 15) is 24.5 Å². The average molecular weight is 427 g/mol. The number of hydrogen-bond donors (Lipinski definition) is 1. The lowest BCUT2D eigenvalue weighted by molar-refractivity contribution is -0.384. The third-order valence-electron chi connectivity index (χ3n) is 4.92. The highest BCUT2D eigenvalue weighted by atomic mass is 16.6. The SMILES string of the molecule is CCN1C(=O)[C@H](CC(=O)O)N(Cc2ccc(OCc3ccc([N+](=O)[O-])cc3)cc2)C1=O. The summed E-state index contributed by atoms with van der Waals surface area (Å²) in [5.74, 6) is -1.09. The van der Waals surface area contributed by atoms with Crippen LogP contribution < -0.4 is 4.74 Å². The highest BCUT2D eigenvalue weighted by Gasteiger charge is 2.45. The van der Waals surface area contributed by atoms with E-state index in [1.807, 2.05) is 0 Å². The van der Waals surface area contributed by atoms with E-state index >= 15 is 0 Å². The molecule has 10 nitrogen and oxygen atoms in total. The number of amides is 3. The van der Waals surface area contributed by atoms with E-state index in [2.05, 4.69) is 0 Å². The molecule has 1 fully saturated rings. The van der Waals surface area contributed by atoms with Gasteiger partial charge in [0.05, 0.1) is 11.3 Å². The predicted molar refractivity (Wildman–Crippen MR) is 108 cm³/mol. The van der Waals surface area contributed by atoms with Crippen molar-refractivity contribution >= 4 is 23.6 Å². The Hall–Kier alpha value is -3.95. The number of rotatable bonds is 9. The van der Waals surface area contributed by atoms with Crippen molar-refractivity contribution in [1.82, 2.24) is 9.80 Å². The molecule has 10 heteroatoms. The Labute approximate surface area is 177 Å². The first-order chi connectivity index (χ1) is 14.8. The largest absolute Gasteiger partial charge is 0.489 e. The fourth-order valence-corrected chi connectivity index (χ4v) is 3.30. The number of imide groups is 1. The molecule has 2 aromatic rings. The molecule has 0 bridgehead atoms. The molecule has 1 saturated heterocycles. The molecule has 0 unspecified atom stereocenters.